The van der Waals surface area contributed by atoms with Crippen molar-refractivity contribution in [1.82, 2.24) is 0 Å². The zero-order chi connectivity index (χ0) is 19.0. The van der Waals surface area contributed by atoms with E-state index in [1.165, 1.54) is 0 Å². The first-order chi connectivity index (χ1) is 10.1. The van der Waals surface area contributed by atoms with Crippen LogP contribution >= 0.6 is 0 Å². The molecule has 0 aromatic carbocycles. The Hall–Kier alpha value is -1.81. The van der Waals surface area contributed by atoms with Crippen LogP contribution in [-0.2, 0) is 24.0 Å². The average Bonchev–Trinajstić information content (AvgIpc) is 2.42. The van der Waals surface area contributed by atoms with E-state index >= 15 is 0 Å². The van der Waals surface area contributed by atoms with Gasteiger partial charge in [0.1, 0.15) is 0 Å². The normalized spacial score (nSPS) is 20.4. The molecule has 4 N–H and O–H groups in total. The van der Waals surface area contributed by atoms with Crippen molar-refractivity contribution in [2.75, 3.05) is 0 Å². The lowest BCUT2D eigenvalue weighted by Gasteiger charge is -2.48. The van der Waals surface area contributed by atoms with Crippen LogP contribution in [0.15, 0.2) is 0 Å². The highest BCUT2D eigenvalue weighted by Crippen LogP contribution is 2.39. The van der Waals surface area contributed by atoms with Gasteiger partial charge in [-0.25, -0.2) is 0 Å². The third-order valence-corrected chi connectivity index (χ3v) is 3.88. The van der Waals surface area contributed by atoms with E-state index in [9.17, 15) is 44.4 Å². The lowest BCUT2D eigenvalue weighted by Crippen LogP contribution is -2.81. The molecule has 9 nitrogen and oxygen atoms in total. The van der Waals surface area contributed by atoms with Gasteiger partial charge in [-0.15, -0.1) is 0 Å². The van der Waals surface area contributed by atoms with Crippen LogP contribution in [0.1, 0.15) is 34.6 Å². The Kier molecular flexibility index (Phi) is 5.86. The summed E-state index contributed by atoms with van der Waals surface area (Å²) >= 11 is 0. The van der Waals surface area contributed by atoms with Crippen LogP contribution in [0, 0.1) is 0 Å². The van der Waals surface area contributed by atoms with Gasteiger partial charge in [0.15, 0.2) is 28.7 Å². The molecule has 0 heterocycles. The van der Waals surface area contributed by atoms with Crippen LogP contribution in [0.3, 0.4) is 0 Å². The Balaban J connectivity index is 7.05. The number of rotatable bonds is 8. The molecule has 0 spiro atoms. The minimum absolute atomic E-state index is 0.581. The van der Waals surface area contributed by atoms with Crippen molar-refractivity contribution in [3.05, 3.63) is 0 Å². The number of Topliss-reactive ketones (excluding diaryl/α,β-unsaturated/α-hetero) is 5. The summed E-state index contributed by atoms with van der Waals surface area (Å²) in [5, 5.41) is 41.2. The van der Waals surface area contributed by atoms with Crippen molar-refractivity contribution in [3.8, 4) is 0 Å². The summed E-state index contributed by atoms with van der Waals surface area (Å²) in [6, 6.07) is 0. The van der Waals surface area contributed by atoms with Crippen molar-refractivity contribution in [2.45, 2.75) is 57.5 Å². The lowest BCUT2D eigenvalue weighted by atomic mass is 9.61. The number of aliphatic hydroxyl groups excluding tert-OH is 1. The van der Waals surface area contributed by atoms with Gasteiger partial charge in [-0.1, -0.05) is 0 Å². The van der Waals surface area contributed by atoms with Crippen LogP contribution in [0.2, 0.25) is 0 Å². The molecule has 0 fully saturated rings. The van der Waals surface area contributed by atoms with Gasteiger partial charge in [0, 0.05) is 6.92 Å². The Morgan fingerprint density at radius 2 is 1.17 bits per heavy atom. The minimum atomic E-state index is -3.77. The van der Waals surface area contributed by atoms with E-state index in [1.54, 1.807) is 0 Å². The molecule has 0 aliphatic carbocycles. The first kappa shape index (κ1) is 21.2. The summed E-state index contributed by atoms with van der Waals surface area (Å²) < 4.78 is 0. The van der Waals surface area contributed by atoms with Crippen LogP contribution in [0.4, 0.5) is 0 Å². The lowest BCUT2D eigenvalue weighted by molar-refractivity contribution is -0.241. The molecule has 0 saturated heterocycles. The Morgan fingerprint density at radius 3 is 1.35 bits per heavy atom. The summed E-state index contributed by atoms with van der Waals surface area (Å²) in [7, 11) is 0. The van der Waals surface area contributed by atoms with E-state index < -0.39 is 51.8 Å². The maximum absolute atomic E-state index is 12.0. The van der Waals surface area contributed by atoms with E-state index in [0.29, 0.717) is 27.7 Å². The molecule has 0 unspecified atom stereocenters. The fourth-order valence-electron chi connectivity index (χ4n) is 2.48. The standard InChI is InChI=1S/C14H20O9/c1-6(15)11(20)13(22,9(4)18)14(23,10(5)19)12(21,7(2)16)8(3)17/h7,16,21-23H,1-5H3/t7-,12+,13+,14+/m1/s1. The van der Waals surface area contributed by atoms with Gasteiger partial charge in [-0.2, -0.15) is 0 Å². The first-order valence-electron chi connectivity index (χ1n) is 6.57. The average molecular weight is 332 g/mol. The van der Waals surface area contributed by atoms with Crippen LogP contribution in [-0.4, -0.2) is 72.2 Å². The number of carbonyl (C=O) groups excluding carboxylic acids is 5. The second-order valence-corrected chi connectivity index (χ2v) is 5.42. The fourth-order valence-corrected chi connectivity index (χ4v) is 2.48. The zero-order valence-electron chi connectivity index (χ0n) is 13.4. The SMILES string of the molecule is CC(=O)C(=O)[C@@](O)(C(C)=O)[C@](O)(C(C)=O)[C@@](O)(C(C)=O)[C@@H](C)O. The van der Waals surface area contributed by atoms with Gasteiger partial charge in [-0.05, 0) is 27.7 Å². The highest BCUT2D eigenvalue weighted by Gasteiger charge is 2.74. The largest absolute Gasteiger partial charge is 0.390 e. The van der Waals surface area contributed by atoms with Gasteiger partial charge < -0.3 is 20.4 Å². The van der Waals surface area contributed by atoms with Crippen molar-refractivity contribution < 1.29 is 44.4 Å². The number of ketones is 5. The summed E-state index contributed by atoms with van der Waals surface area (Å²) in [6.45, 7) is 3.29. The molecule has 0 amide bonds. The van der Waals surface area contributed by atoms with Gasteiger partial charge in [0.25, 0.3) is 0 Å². The first-order valence-corrected chi connectivity index (χ1v) is 6.57. The third kappa shape index (κ3) is 2.65. The van der Waals surface area contributed by atoms with Gasteiger partial charge in [0.2, 0.25) is 17.0 Å². The highest BCUT2D eigenvalue weighted by atomic mass is 16.4. The third-order valence-electron chi connectivity index (χ3n) is 3.88. The summed E-state index contributed by atoms with van der Waals surface area (Å²) in [6.07, 6.45) is -2.17. The maximum atomic E-state index is 12.0. The summed E-state index contributed by atoms with van der Waals surface area (Å²) in [5.41, 5.74) is -10.9. The van der Waals surface area contributed by atoms with Crippen molar-refractivity contribution in [1.29, 1.82) is 0 Å². The molecular weight excluding hydrogens is 312 g/mol. The van der Waals surface area contributed by atoms with Crippen molar-refractivity contribution in [2.24, 2.45) is 0 Å². The Labute approximate surface area is 131 Å². The van der Waals surface area contributed by atoms with Gasteiger partial charge in [-0.3, -0.25) is 24.0 Å². The van der Waals surface area contributed by atoms with Gasteiger partial charge >= 0.3 is 0 Å². The van der Waals surface area contributed by atoms with Gasteiger partial charge in [0.05, 0.1) is 6.10 Å². The van der Waals surface area contributed by atoms with E-state index in [-0.39, 0.29) is 0 Å². The number of aliphatic hydroxyl groups is 4. The van der Waals surface area contributed by atoms with E-state index in [2.05, 4.69) is 0 Å². The zero-order valence-corrected chi connectivity index (χ0v) is 13.4. The molecular formula is C14H20O9. The maximum Gasteiger partial charge on any atom is 0.240 e. The molecule has 0 bridgehead atoms. The van der Waals surface area contributed by atoms with E-state index in [0.717, 1.165) is 6.92 Å². The van der Waals surface area contributed by atoms with Crippen LogP contribution < -0.4 is 0 Å². The number of hydrogen-bond donors (Lipinski definition) is 4. The van der Waals surface area contributed by atoms with Crippen LogP contribution in [0.25, 0.3) is 0 Å². The molecule has 0 rings (SSSR count). The predicted octanol–water partition coefficient (Wildman–Crippen LogP) is -2.51. The molecule has 0 saturated carbocycles. The molecule has 130 valence electrons. The molecule has 0 aliphatic rings. The minimum Gasteiger partial charge on any atom is -0.390 e. The Morgan fingerprint density at radius 1 is 0.783 bits per heavy atom. The van der Waals surface area contributed by atoms with Crippen molar-refractivity contribution >= 4 is 28.9 Å². The molecule has 0 aromatic rings. The summed E-state index contributed by atoms with van der Waals surface area (Å²) in [4.78, 5) is 58.9. The topological polar surface area (TPSA) is 166 Å². The molecule has 23 heavy (non-hydrogen) atoms. The number of carbonyl (C=O) groups is 5. The predicted molar refractivity (Wildman–Crippen MR) is 74.3 cm³/mol. The van der Waals surface area contributed by atoms with Crippen LogP contribution in [0.5, 0.6) is 0 Å². The second-order valence-electron chi connectivity index (χ2n) is 5.42. The molecule has 9 heteroatoms. The number of hydrogen-bond acceptors (Lipinski definition) is 9. The highest BCUT2D eigenvalue weighted by molar-refractivity contribution is 6.45. The second kappa shape index (κ2) is 6.36. The quantitative estimate of drug-likeness (QED) is 0.277. The molecule has 0 radical (unpaired) electrons. The monoisotopic (exact) mass is 332 g/mol. The summed E-state index contributed by atoms with van der Waals surface area (Å²) in [5.74, 6) is -7.83. The molecule has 0 aromatic heterocycles. The molecule has 0 aliphatic heterocycles. The fraction of sp³-hybridized carbons (Fsp3) is 0.643. The van der Waals surface area contributed by atoms with E-state index in [1.807, 2.05) is 0 Å². The van der Waals surface area contributed by atoms with Crippen molar-refractivity contribution in [3.63, 3.8) is 0 Å². The molecule has 4 atom stereocenters. The van der Waals surface area contributed by atoms with E-state index in [4.69, 9.17) is 0 Å². The smallest absolute Gasteiger partial charge is 0.240 e. The Bertz CT molecular complexity index is 579.